The van der Waals surface area contributed by atoms with Gasteiger partial charge in [0.05, 0.1) is 11.7 Å². The smallest absolute Gasteiger partial charge is 0.115 e. The predicted octanol–water partition coefficient (Wildman–Crippen LogP) is 3.44. The number of nitrogens with two attached hydrogens (primary N) is 1. The van der Waals surface area contributed by atoms with Crippen LogP contribution in [0.3, 0.4) is 0 Å². The molecule has 4 heteroatoms. The van der Waals surface area contributed by atoms with Gasteiger partial charge in [-0.05, 0) is 44.7 Å². The lowest BCUT2D eigenvalue weighted by Gasteiger charge is -2.06. The molecule has 2 nitrogen and oxygen atoms in total. The van der Waals surface area contributed by atoms with Crippen LogP contribution in [0.15, 0.2) is 12.1 Å². The fraction of sp³-hybridized carbons (Fsp3) is 0.462. The van der Waals surface area contributed by atoms with Gasteiger partial charge in [0.2, 0.25) is 0 Å². The Bertz CT molecular complexity index is 504. The lowest BCUT2D eigenvalue weighted by atomic mass is 10.0. The van der Waals surface area contributed by atoms with Crippen LogP contribution in [0.1, 0.15) is 44.2 Å². The van der Waals surface area contributed by atoms with E-state index in [1.165, 1.54) is 39.6 Å². The number of hydrogen-bond acceptors (Lipinski definition) is 4. The molecule has 2 aromatic heterocycles. The Kier molecular flexibility index (Phi) is 3.03. The Hall–Kier alpha value is -0.710. The lowest BCUT2D eigenvalue weighted by molar-refractivity contribution is 0.679. The Morgan fingerprint density at radius 2 is 2.06 bits per heavy atom. The number of thiophene rings is 1. The van der Waals surface area contributed by atoms with Crippen LogP contribution in [-0.2, 0) is 12.8 Å². The van der Waals surface area contributed by atoms with Gasteiger partial charge >= 0.3 is 0 Å². The molecular weight excluding hydrogens is 248 g/mol. The molecule has 1 aliphatic carbocycles. The Labute approximate surface area is 110 Å². The molecule has 3 rings (SSSR count). The molecule has 2 heterocycles. The number of hydrogen-bond donors (Lipinski definition) is 1. The highest BCUT2D eigenvalue weighted by Crippen LogP contribution is 2.33. The molecular formula is C13H16N2S2. The van der Waals surface area contributed by atoms with Crippen LogP contribution in [-0.4, -0.2) is 4.98 Å². The highest BCUT2D eigenvalue weighted by Gasteiger charge is 2.20. The molecule has 1 atom stereocenters. The van der Waals surface area contributed by atoms with Crippen molar-refractivity contribution in [1.82, 2.24) is 4.98 Å². The number of aryl methyl sites for hydroxylation is 3. The normalized spacial score (nSPS) is 16.8. The van der Waals surface area contributed by atoms with E-state index < -0.39 is 0 Å². The zero-order valence-electron chi connectivity index (χ0n) is 9.90. The van der Waals surface area contributed by atoms with Gasteiger partial charge < -0.3 is 5.73 Å². The number of nitrogens with zero attached hydrogens (tertiary/aromatic N) is 1. The van der Waals surface area contributed by atoms with Crippen molar-refractivity contribution in [2.24, 2.45) is 5.73 Å². The molecule has 90 valence electrons. The Balaban J connectivity index is 1.91. The summed E-state index contributed by atoms with van der Waals surface area (Å²) >= 11 is 3.60. The summed E-state index contributed by atoms with van der Waals surface area (Å²) in [6, 6.07) is 4.24. The van der Waals surface area contributed by atoms with Crippen molar-refractivity contribution in [3.63, 3.8) is 0 Å². The fourth-order valence-electron chi connectivity index (χ4n) is 2.25. The van der Waals surface area contributed by atoms with E-state index in [0.29, 0.717) is 0 Å². The van der Waals surface area contributed by atoms with Gasteiger partial charge in [-0.15, -0.1) is 22.7 Å². The Morgan fingerprint density at radius 1 is 1.24 bits per heavy atom. The molecule has 2 N–H and O–H groups in total. The van der Waals surface area contributed by atoms with Crippen molar-refractivity contribution in [2.45, 2.75) is 38.6 Å². The standard InChI is InChI=1S/C13H16N2S2/c1-8-6-7-11(16-8)12(14)13-15-9-4-2-3-5-10(9)17-13/h6-7,12H,2-5,14H2,1H3. The molecule has 0 bridgehead atoms. The van der Waals surface area contributed by atoms with Crippen LogP contribution < -0.4 is 5.73 Å². The summed E-state index contributed by atoms with van der Waals surface area (Å²) < 4.78 is 0. The van der Waals surface area contributed by atoms with Crippen LogP contribution in [0.25, 0.3) is 0 Å². The highest BCUT2D eigenvalue weighted by atomic mass is 32.1. The lowest BCUT2D eigenvalue weighted by Crippen LogP contribution is -2.09. The van der Waals surface area contributed by atoms with E-state index >= 15 is 0 Å². The van der Waals surface area contributed by atoms with Gasteiger partial charge in [0.25, 0.3) is 0 Å². The second-order valence-electron chi connectivity index (χ2n) is 4.56. The minimum atomic E-state index is -0.0238. The van der Waals surface area contributed by atoms with Crippen molar-refractivity contribution >= 4 is 22.7 Å². The second kappa shape index (κ2) is 4.52. The molecule has 0 spiro atoms. The molecule has 0 saturated carbocycles. The van der Waals surface area contributed by atoms with Crippen molar-refractivity contribution in [2.75, 3.05) is 0 Å². The van der Waals surface area contributed by atoms with Crippen LogP contribution in [0.4, 0.5) is 0 Å². The monoisotopic (exact) mass is 264 g/mol. The summed E-state index contributed by atoms with van der Waals surface area (Å²) in [5.41, 5.74) is 7.61. The van der Waals surface area contributed by atoms with E-state index in [2.05, 4.69) is 19.1 Å². The zero-order chi connectivity index (χ0) is 11.8. The fourth-order valence-corrected chi connectivity index (χ4v) is 4.38. The topological polar surface area (TPSA) is 38.9 Å². The average Bonchev–Trinajstić information content (AvgIpc) is 2.93. The number of aromatic nitrogens is 1. The summed E-state index contributed by atoms with van der Waals surface area (Å²) in [5.74, 6) is 0. The Morgan fingerprint density at radius 3 is 2.76 bits per heavy atom. The maximum absolute atomic E-state index is 6.30. The molecule has 0 aliphatic heterocycles. The molecule has 0 aromatic carbocycles. The van der Waals surface area contributed by atoms with Gasteiger partial charge in [0.15, 0.2) is 0 Å². The quantitative estimate of drug-likeness (QED) is 0.902. The summed E-state index contributed by atoms with van der Waals surface area (Å²) in [6.45, 7) is 2.12. The summed E-state index contributed by atoms with van der Waals surface area (Å²) in [6.07, 6.45) is 4.93. The van der Waals surface area contributed by atoms with Gasteiger partial charge in [-0.25, -0.2) is 4.98 Å². The van der Waals surface area contributed by atoms with E-state index in [-0.39, 0.29) is 6.04 Å². The largest absolute Gasteiger partial charge is 0.318 e. The van der Waals surface area contributed by atoms with Crippen LogP contribution in [0, 0.1) is 6.92 Å². The van der Waals surface area contributed by atoms with Gasteiger partial charge in [-0.2, -0.15) is 0 Å². The third kappa shape index (κ3) is 2.17. The number of rotatable bonds is 2. The molecule has 2 aromatic rings. The molecule has 0 radical (unpaired) electrons. The average molecular weight is 264 g/mol. The molecule has 1 aliphatic rings. The zero-order valence-corrected chi connectivity index (χ0v) is 11.5. The van der Waals surface area contributed by atoms with Crippen LogP contribution >= 0.6 is 22.7 Å². The maximum Gasteiger partial charge on any atom is 0.115 e. The van der Waals surface area contributed by atoms with Gasteiger partial charge in [0, 0.05) is 14.6 Å². The van der Waals surface area contributed by atoms with Crippen LogP contribution in [0.5, 0.6) is 0 Å². The molecule has 1 unspecified atom stereocenters. The highest BCUT2D eigenvalue weighted by molar-refractivity contribution is 7.13. The predicted molar refractivity (Wildman–Crippen MR) is 73.8 cm³/mol. The van der Waals surface area contributed by atoms with Gasteiger partial charge in [0.1, 0.15) is 5.01 Å². The first-order valence-corrected chi connectivity index (χ1v) is 7.68. The third-order valence-corrected chi connectivity index (χ3v) is 5.52. The molecule has 0 saturated heterocycles. The van der Waals surface area contributed by atoms with E-state index in [1.54, 1.807) is 11.3 Å². The summed E-state index contributed by atoms with van der Waals surface area (Å²) in [5, 5.41) is 1.10. The molecule has 17 heavy (non-hydrogen) atoms. The van der Waals surface area contributed by atoms with E-state index in [0.717, 1.165) is 11.4 Å². The molecule has 0 fully saturated rings. The van der Waals surface area contributed by atoms with E-state index in [9.17, 15) is 0 Å². The first-order valence-electron chi connectivity index (χ1n) is 6.04. The summed E-state index contributed by atoms with van der Waals surface area (Å²) in [7, 11) is 0. The van der Waals surface area contributed by atoms with E-state index in [4.69, 9.17) is 10.7 Å². The van der Waals surface area contributed by atoms with Crippen molar-refractivity contribution < 1.29 is 0 Å². The minimum absolute atomic E-state index is 0.0238. The number of thiazole rings is 1. The first kappa shape index (κ1) is 11.4. The third-order valence-electron chi connectivity index (χ3n) is 3.20. The SMILES string of the molecule is Cc1ccc(C(N)c2nc3c(s2)CCCC3)s1. The van der Waals surface area contributed by atoms with Crippen molar-refractivity contribution in [1.29, 1.82) is 0 Å². The van der Waals surface area contributed by atoms with Gasteiger partial charge in [-0.1, -0.05) is 0 Å². The maximum atomic E-state index is 6.30. The molecule has 0 amide bonds. The second-order valence-corrected chi connectivity index (χ2v) is 6.99. The van der Waals surface area contributed by atoms with E-state index in [1.807, 2.05) is 11.3 Å². The minimum Gasteiger partial charge on any atom is -0.318 e. The van der Waals surface area contributed by atoms with Crippen molar-refractivity contribution in [3.05, 3.63) is 37.5 Å². The van der Waals surface area contributed by atoms with Crippen LogP contribution in [0.2, 0.25) is 0 Å². The first-order chi connectivity index (χ1) is 8.24. The summed E-state index contributed by atoms with van der Waals surface area (Å²) in [4.78, 5) is 8.75. The number of fused-ring (bicyclic) bond motifs is 1. The van der Waals surface area contributed by atoms with Gasteiger partial charge in [-0.3, -0.25) is 0 Å². The van der Waals surface area contributed by atoms with Crippen molar-refractivity contribution in [3.8, 4) is 0 Å².